The summed E-state index contributed by atoms with van der Waals surface area (Å²) in [5.41, 5.74) is 1.34. The van der Waals surface area contributed by atoms with Crippen molar-refractivity contribution in [3.63, 3.8) is 0 Å². The van der Waals surface area contributed by atoms with Crippen LogP contribution in [0.1, 0.15) is 37.8 Å². The van der Waals surface area contributed by atoms with Gasteiger partial charge in [0, 0.05) is 26.3 Å². The van der Waals surface area contributed by atoms with Crippen molar-refractivity contribution < 1.29 is 0 Å². The third-order valence-electron chi connectivity index (χ3n) is 3.65. The van der Waals surface area contributed by atoms with E-state index in [9.17, 15) is 0 Å². The van der Waals surface area contributed by atoms with Gasteiger partial charge in [0.25, 0.3) is 0 Å². The van der Waals surface area contributed by atoms with E-state index in [-0.39, 0.29) is 0 Å². The van der Waals surface area contributed by atoms with E-state index in [2.05, 4.69) is 68.6 Å². The molecule has 4 heteroatoms. The van der Waals surface area contributed by atoms with Crippen LogP contribution in [0.3, 0.4) is 0 Å². The SMILES string of the molecule is CSC1CCCC1NC(C)c1ccc(Br)cc1Br. The fourth-order valence-corrected chi connectivity index (χ4v) is 5.00. The Morgan fingerprint density at radius 1 is 1.33 bits per heavy atom. The van der Waals surface area contributed by atoms with Crippen LogP contribution in [0.25, 0.3) is 0 Å². The van der Waals surface area contributed by atoms with Crippen LogP contribution in [-0.2, 0) is 0 Å². The van der Waals surface area contributed by atoms with Crippen LogP contribution in [0.5, 0.6) is 0 Å². The number of hydrogen-bond acceptors (Lipinski definition) is 2. The number of thioether (sulfide) groups is 1. The van der Waals surface area contributed by atoms with Gasteiger partial charge in [0.05, 0.1) is 0 Å². The van der Waals surface area contributed by atoms with Crippen LogP contribution in [0.2, 0.25) is 0 Å². The van der Waals surface area contributed by atoms with Crippen molar-refractivity contribution in [3.8, 4) is 0 Å². The van der Waals surface area contributed by atoms with Crippen LogP contribution < -0.4 is 5.32 Å². The molecule has 3 unspecified atom stereocenters. The minimum Gasteiger partial charge on any atom is -0.306 e. The molecule has 0 bridgehead atoms. The third kappa shape index (κ3) is 3.53. The summed E-state index contributed by atoms with van der Waals surface area (Å²) in [5, 5.41) is 4.57. The lowest BCUT2D eigenvalue weighted by molar-refractivity contribution is 0.466. The molecular formula is C14H19Br2NS. The van der Waals surface area contributed by atoms with Gasteiger partial charge in [0.15, 0.2) is 0 Å². The normalized spacial score (nSPS) is 25.3. The van der Waals surface area contributed by atoms with Gasteiger partial charge in [-0.1, -0.05) is 44.3 Å². The predicted octanol–water partition coefficient (Wildman–Crippen LogP) is 5.15. The summed E-state index contributed by atoms with van der Waals surface area (Å²) in [6, 6.07) is 7.47. The molecule has 100 valence electrons. The van der Waals surface area contributed by atoms with E-state index in [1.165, 1.54) is 29.3 Å². The number of halogens is 2. The highest BCUT2D eigenvalue weighted by Crippen LogP contribution is 2.32. The minimum absolute atomic E-state index is 0.394. The molecule has 0 heterocycles. The van der Waals surface area contributed by atoms with Gasteiger partial charge in [-0.15, -0.1) is 0 Å². The fourth-order valence-electron chi connectivity index (χ4n) is 2.66. The van der Waals surface area contributed by atoms with Crippen LogP contribution in [0.15, 0.2) is 27.1 Å². The van der Waals surface area contributed by atoms with Crippen molar-refractivity contribution in [3.05, 3.63) is 32.7 Å². The van der Waals surface area contributed by atoms with E-state index in [0.717, 1.165) is 9.72 Å². The number of rotatable bonds is 4. The average Bonchev–Trinajstić information content (AvgIpc) is 2.76. The molecule has 0 saturated heterocycles. The van der Waals surface area contributed by atoms with Gasteiger partial charge >= 0.3 is 0 Å². The summed E-state index contributed by atoms with van der Waals surface area (Å²) in [6.07, 6.45) is 6.25. The Hall–Kier alpha value is 0.490. The molecule has 1 fully saturated rings. The van der Waals surface area contributed by atoms with Crippen LogP contribution in [0.4, 0.5) is 0 Å². The first-order valence-electron chi connectivity index (χ1n) is 6.35. The molecule has 1 N–H and O–H groups in total. The molecule has 1 nitrogen and oxygen atoms in total. The lowest BCUT2D eigenvalue weighted by Crippen LogP contribution is -2.35. The van der Waals surface area contributed by atoms with E-state index in [0.29, 0.717) is 12.1 Å². The van der Waals surface area contributed by atoms with Gasteiger partial charge in [-0.2, -0.15) is 11.8 Å². The third-order valence-corrected chi connectivity index (χ3v) is 6.00. The summed E-state index contributed by atoms with van der Waals surface area (Å²) >= 11 is 9.16. The summed E-state index contributed by atoms with van der Waals surface area (Å²) in [5.74, 6) is 0. The minimum atomic E-state index is 0.394. The Morgan fingerprint density at radius 2 is 2.11 bits per heavy atom. The van der Waals surface area contributed by atoms with Crippen molar-refractivity contribution in [2.75, 3.05) is 6.26 Å². The molecule has 1 aliphatic rings. The zero-order chi connectivity index (χ0) is 13.1. The molecular weight excluding hydrogens is 374 g/mol. The second-order valence-corrected chi connectivity index (χ2v) is 7.71. The maximum atomic E-state index is 3.79. The first kappa shape index (κ1) is 14.9. The van der Waals surface area contributed by atoms with Crippen LogP contribution >= 0.6 is 43.6 Å². The van der Waals surface area contributed by atoms with Gasteiger partial charge in [0.2, 0.25) is 0 Å². The molecule has 0 spiro atoms. The highest BCUT2D eigenvalue weighted by atomic mass is 79.9. The van der Waals surface area contributed by atoms with E-state index in [1.54, 1.807) is 0 Å². The van der Waals surface area contributed by atoms with Gasteiger partial charge in [-0.05, 0) is 43.7 Å². The zero-order valence-electron chi connectivity index (χ0n) is 10.7. The topological polar surface area (TPSA) is 12.0 Å². The average molecular weight is 393 g/mol. The van der Waals surface area contributed by atoms with Crippen molar-refractivity contribution in [1.29, 1.82) is 0 Å². The lowest BCUT2D eigenvalue weighted by atomic mass is 10.1. The fraction of sp³-hybridized carbons (Fsp3) is 0.571. The van der Waals surface area contributed by atoms with E-state index >= 15 is 0 Å². The van der Waals surface area contributed by atoms with Crippen LogP contribution in [0, 0.1) is 0 Å². The Morgan fingerprint density at radius 3 is 2.78 bits per heavy atom. The zero-order valence-corrected chi connectivity index (χ0v) is 14.7. The van der Waals surface area contributed by atoms with Gasteiger partial charge in [-0.3, -0.25) is 0 Å². The molecule has 0 amide bonds. The molecule has 0 aromatic heterocycles. The molecule has 1 aromatic carbocycles. The Labute approximate surface area is 131 Å². The van der Waals surface area contributed by atoms with Crippen molar-refractivity contribution >= 4 is 43.6 Å². The first-order valence-corrected chi connectivity index (χ1v) is 9.23. The second kappa shape index (κ2) is 6.78. The quantitative estimate of drug-likeness (QED) is 0.760. The van der Waals surface area contributed by atoms with Gasteiger partial charge in [-0.25, -0.2) is 0 Å². The number of benzene rings is 1. The predicted molar refractivity (Wildman–Crippen MR) is 88.3 cm³/mol. The van der Waals surface area contributed by atoms with E-state index in [4.69, 9.17) is 0 Å². The van der Waals surface area contributed by atoms with Gasteiger partial charge < -0.3 is 5.32 Å². The Bertz CT molecular complexity index is 411. The van der Waals surface area contributed by atoms with Crippen LogP contribution in [-0.4, -0.2) is 17.5 Å². The maximum Gasteiger partial charge on any atom is 0.0305 e. The van der Waals surface area contributed by atoms with Crippen molar-refractivity contribution in [1.82, 2.24) is 5.32 Å². The molecule has 0 radical (unpaired) electrons. The molecule has 2 rings (SSSR count). The highest BCUT2D eigenvalue weighted by Gasteiger charge is 2.27. The van der Waals surface area contributed by atoms with Crippen molar-refractivity contribution in [2.24, 2.45) is 0 Å². The monoisotopic (exact) mass is 391 g/mol. The first-order chi connectivity index (χ1) is 8.61. The molecule has 18 heavy (non-hydrogen) atoms. The largest absolute Gasteiger partial charge is 0.306 e. The molecule has 3 atom stereocenters. The standard InChI is InChI=1S/C14H19Br2NS/c1-9(11-7-6-10(15)8-12(11)16)17-13-4-3-5-14(13)18-2/h6-9,13-14,17H,3-5H2,1-2H3. The lowest BCUT2D eigenvalue weighted by Gasteiger charge is -2.25. The summed E-state index contributed by atoms with van der Waals surface area (Å²) in [4.78, 5) is 0. The van der Waals surface area contributed by atoms with E-state index < -0.39 is 0 Å². The Balaban J connectivity index is 2.05. The Kier molecular flexibility index (Phi) is 5.61. The highest BCUT2D eigenvalue weighted by molar-refractivity contribution is 9.11. The summed E-state index contributed by atoms with van der Waals surface area (Å²) in [6.45, 7) is 2.25. The smallest absolute Gasteiger partial charge is 0.0305 e. The molecule has 1 saturated carbocycles. The van der Waals surface area contributed by atoms with Gasteiger partial charge in [0.1, 0.15) is 0 Å². The summed E-state index contributed by atoms with van der Waals surface area (Å²) in [7, 11) is 0. The second-order valence-electron chi connectivity index (χ2n) is 4.87. The number of nitrogens with one attached hydrogen (secondary N) is 1. The number of hydrogen-bond donors (Lipinski definition) is 1. The summed E-state index contributed by atoms with van der Waals surface area (Å²) < 4.78 is 2.30. The van der Waals surface area contributed by atoms with E-state index in [1.807, 2.05) is 11.8 Å². The molecule has 1 aromatic rings. The molecule has 0 aliphatic heterocycles. The maximum absolute atomic E-state index is 3.79. The molecule has 1 aliphatic carbocycles. The van der Waals surface area contributed by atoms with Crippen molar-refractivity contribution in [2.45, 2.75) is 43.5 Å².